The molecule has 2 rings (SSSR count). The summed E-state index contributed by atoms with van der Waals surface area (Å²) in [6.45, 7) is 0.384. The van der Waals surface area contributed by atoms with Gasteiger partial charge in [-0.1, -0.05) is 0 Å². The van der Waals surface area contributed by atoms with Crippen molar-refractivity contribution in [2.75, 3.05) is 13.2 Å². The lowest BCUT2D eigenvalue weighted by molar-refractivity contribution is 0.0931. The first-order valence-electron chi connectivity index (χ1n) is 5.85. The molecule has 0 aliphatic heterocycles. The van der Waals surface area contributed by atoms with E-state index in [2.05, 4.69) is 10.3 Å². The number of pyridine rings is 1. The van der Waals surface area contributed by atoms with E-state index in [1.54, 1.807) is 0 Å². The van der Waals surface area contributed by atoms with E-state index in [0.29, 0.717) is 6.54 Å². The molecule has 7 heteroatoms. The number of aliphatic hydroxyl groups excluding tert-OH is 1. The summed E-state index contributed by atoms with van der Waals surface area (Å²) in [5.74, 6) is -3.05. The molecule has 0 spiro atoms. The second kappa shape index (κ2) is 5.83. The fourth-order valence-electron chi connectivity index (χ4n) is 1.67. The van der Waals surface area contributed by atoms with Gasteiger partial charge in [0.1, 0.15) is 5.03 Å². The highest BCUT2D eigenvalue weighted by atomic mass is 32.2. The van der Waals surface area contributed by atoms with Gasteiger partial charge in [0.25, 0.3) is 11.7 Å². The van der Waals surface area contributed by atoms with Gasteiger partial charge in [-0.2, -0.15) is 8.78 Å². The molecule has 1 heterocycles. The zero-order valence-corrected chi connectivity index (χ0v) is 10.9. The van der Waals surface area contributed by atoms with Crippen molar-refractivity contribution in [2.45, 2.75) is 23.6 Å². The molecule has 1 saturated carbocycles. The van der Waals surface area contributed by atoms with Crippen LogP contribution in [0.25, 0.3) is 0 Å². The molecule has 0 bridgehead atoms. The summed E-state index contributed by atoms with van der Waals surface area (Å²) >= 11 is 0.253. The van der Waals surface area contributed by atoms with Crippen LogP contribution in [0.15, 0.2) is 23.4 Å². The predicted octanol–water partition coefficient (Wildman–Crippen LogP) is 1.90. The number of rotatable bonds is 6. The molecule has 0 atom stereocenters. The van der Waals surface area contributed by atoms with Gasteiger partial charge in [0, 0.05) is 18.2 Å². The fraction of sp³-hybridized carbons (Fsp3) is 0.500. The molecule has 0 radical (unpaired) electrons. The van der Waals surface area contributed by atoms with Gasteiger partial charge in [0.15, 0.2) is 0 Å². The van der Waals surface area contributed by atoms with Crippen molar-refractivity contribution in [1.29, 1.82) is 0 Å². The maximum Gasteiger partial charge on any atom is 0.290 e. The number of alkyl halides is 2. The van der Waals surface area contributed by atoms with Crippen LogP contribution in [0.5, 0.6) is 0 Å². The van der Waals surface area contributed by atoms with E-state index in [9.17, 15) is 13.6 Å². The van der Waals surface area contributed by atoms with Crippen LogP contribution in [0.3, 0.4) is 0 Å². The third kappa shape index (κ3) is 3.63. The molecule has 19 heavy (non-hydrogen) atoms. The van der Waals surface area contributed by atoms with Crippen molar-refractivity contribution < 1.29 is 18.7 Å². The lowest BCUT2D eigenvalue weighted by Crippen LogP contribution is -2.32. The van der Waals surface area contributed by atoms with Crippen molar-refractivity contribution in [2.24, 2.45) is 5.41 Å². The highest BCUT2D eigenvalue weighted by Crippen LogP contribution is 2.44. The van der Waals surface area contributed by atoms with E-state index in [1.807, 2.05) is 0 Å². The minimum atomic E-state index is -2.62. The Bertz CT molecular complexity index is 467. The first-order valence-corrected chi connectivity index (χ1v) is 6.73. The van der Waals surface area contributed by atoms with Crippen LogP contribution in [-0.2, 0) is 0 Å². The van der Waals surface area contributed by atoms with Gasteiger partial charge < -0.3 is 10.4 Å². The van der Waals surface area contributed by atoms with Crippen molar-refractivity contribution in [3.05, 3.63) is 23.9 Å². The maximum atomic E-state index is 12.4. The Balaban J connectivity index is 2.02. The molecule has 1 aliphatic carbocycles. The fourth-order valence-corrected chi connectivity index (χ4v) is 2.25. The molecule has 0 aromatic carbocycles. The third-order valence-electron chi connectivity index (χ3n) is 3.13. The Hall–Kier alpha value is -1.21. The lowest BCUT2D eigenvalue weighted by atomic mass is 10.1. The normalized spacial score (nSPS) is 16.4. The van der Waals surface area contributed by atoms with Crippen LogP contribution in [0.4, 0.5) is 8.78 Å². The molecule has 1 aromatic rings. The first kappa shape index (κ1) is 14.2. The number of carbonyl (C=O) groups is 1. The van der Waals surface area contributed by atoms with Crippen molar-refractivity contribution in [3.63, 3.8) is 0 Å². The number of nitrogens with zero attached hydrogens (tertiary/aromatic N) is 1. The molecule has 1 amide bonds. The summed E-state index contributed by atoms with van der Waals surface area (Å²) < 4.78 is 24.7. The van der Waals surface area contributed by atoms with Crippen molar-refractivity contribution >= 4 is 17.7 Å². The Labute approximate surface area is 113 Å². The molecule has 1 aliphatic rings. The molecule has 1 aromatic heterocycles. The zero-order valence-electron chi connectivity index (χ0n) is 10.1. The average molecular weight is 288 g/mol. The van der Waals surface area contributed by atoms with Gasteiger partial charge in [0.2, 0.25) is 0 Å². The number of aromatic nitrogens is 1. The van der Waals surface area contributed by atoms with Crippen LogP contribution in [0, 0.1) is 5.41 Å². The molecule has 0 unspecified atom stereocenters. The van der Waals surface area contributed by atoms with Crippen molar-refractivity contribution in [1.82, 2.24) is 10.3 Å². The SMILES string of the molecule is O=C(NCC1(CO)CC1)c1cccnc1SC(F)F. The Kier molecular flexibility index (Phi) is 4.36. The van der Waals surface area contributed by atoms with E-state index in [0.717, 1.165) is 12.8 Å². The Morgan fingerprint density at radius 2 is 2.32 bits per heavy atom. The molecule has 4 nitrogen and oxygen atoms in total. The highest BCUT2D eigenvalue weighted by molar-refractivity contribution is 7.99. The van der Waals surface area contributed by atoms with Crippen LogP contribution in [0.2, 0.25) is 0 Å². The maximum absolute atomic E-state index is 12.4. The van der Waals surface area contributed by atoms with Gasteiger partial charge in [-0.15, -0.1) is 0 Å². The number of amides is 1. The van der Waals surface area contributed by atoms with Gasteiger partial charge in [0.05, 0.1) is 12.2 Å². The molecule has 0 saturated heterocycles. The molecule has 2 N–H and O–H groups in total. The second-order valence-corrected chi connectivity index (χ2v) is 5.55. The smallest absolute Gasteiger partial charge is 0.290 e. The van der Waals surface area contributed by atoms with Crippen LogP contribution in [-0.4, -0.2) is 34.9 Å². The number of nitrogens with one attached hydrogen (secondary N) is 1. The van der Waals surface area contributed by atoms with E-state index in [1.165, 1.54) is 18.3 Å². The minimum Gasteiger partial charge on any atom is -0.396 e. The number of thioether (sulfide) groups is 1. The van der Waals surface area contributed by atoms with E-state index in [-0.39, 0.29) is 34.4 Å². The van der Waals surface area contributed by atoms with E-state index >= 15 is 0 Å². The summed E-state index contributed by atoms with van der Waals surface area (Å²) in [5.41, 5.74) is -0.0741. The monoisotopic (exact) mass is 288 g/mol. The highest BCUT2D eigenvalue weighted by Gasteiger charge is 2.42. The summed E-state index contributed by atoms with van der Waals surface area (Å²) in [6.07, 6.45) is 3.11. The molecule has 1 fully saturated rings. The van der Waals surface area contributed by atoms with Gasteiger partial charge in [-0.05, 0) is 36.7 Å². The number of aliphatic hydroxyl groups is 1. The first-order chi connectivity index (χ1) is 9.06. The third-order valence-corrected chi connectivity index (χ3v) is 3.86. The number of hydrogen-bond acceptors (Lipinski definition) is 4. The van der Waals surface area contributed by atoms with Crippen LogP contribution >= 0.6 is 11.8 Å². The standard InChI is InChI=1S/C12H14F2N2O2S/c13-11(14)19-10-8(2-1-5-15-10)9(18)16-6-12(7-17)3-4-12/h1-2,5,11,17H,3-4,6-7H2,(H,16,18). The summed E-state index contributed by atoms with van der Waals surface area (Å²) in [5, 5.41) is 11.8. The largest absolute Gasteiger partial charge is 0.396 e. The summed E-state index contributed by atoms with van der Waals surface area (Å²) in [6, 6.07) is 2.99. The van der Waals surface area contributed by atoms with E-state index in [4.69, 9.17) is 5.11 Å². The van der Waals surface area contributed by atoms with E-state index < -0.39 is 11.7 Å². The topological polar surface area (TPSA) is 62.2 Å². The minimum absolute atomic E-state index is 0.0174. The predicted molar refractivity (Wildman–Crippen MR) is 67.2 cm³/mol. The Morgan fingerprint density at radius 3 is 2.89 bits per heavy atom. The molecular weight excluding hydrogens is 274 g/mol. The number of halogens is 2. The number of carbonyl (C=O) groups excluding carboxylic acids is 1. The quantitative estimate of drug-likeness (QED) is 0.785. The van der Waals surface area contributed by atoms with Gasteiger partial charge in [-0.3, -0.25) is 4.79 Å². The zero-order chi connectivity index (χ0) is 13.9. The summed E-state index contributed by atoms with van der Waals surface area (Å²) in [7, 11) is 0. The molecular formula is C12H14F2N2O2S. The number of hydrogen-bond donors (Lipinski definition) is 2. The van der Waals surface area contributed by atoms with Crippen LogP contribution in [0.1, 0.15) is 23.2 Å². The van der Waals surface area contributed by atoms with Gasteiger partial charge in [-0.25, -0.2) is 4.98 Å². The van der Waals surface area contributed by atoms with Crippen molar-refractivity contribution in [3.8, 4) is 0 Å². The lowest BCUT2D eigenvalue weighted by Gasteiger charge is -2.13. The Morgan fingerprint density at radius 1 is 1.58 bits per heavy atom. The molecule has 104 valence electrons. The van der Waals surface area contributed by atoms with Crippen LogP contribution < -0.4 is 5.32 Å². The van der Waals surface area contributed by atoms with Gasteiger partial charge >= 0.3 is 0 Å². The average Bonchev–Trinajstić information content (AvgIpc) is 3.17. The summed E-state index contributed by atoms with van der Waals surface area (Å²) in [4.78, 5) is 15.7. The second-order valence-electron chi connectivity index (χ2n) is 4.58.